The van der Waals surface area contributed by atoms with E-state index in [0.29, 0.717) is 12.3 Å². The van der Waals surface area contributed by atoms with Crippen LogP contribution < -0.4 is 16.0 Å². The molecule has 2 atom stereocenters. The Balaban J connectivity index is 1.40. The molecule has 0 aliphatic carbocycles. The number of amides is 1. The Morgan fingerprint density at radius 2 is 1.76 bits per heavy atom. The average Bonchev–Trinajstić information content (AvgIpc) is 3.18. The van der Waals surface area contributed by atoms with Crippen molar-refractivity contribution in [2.45, 2.75) is 45.2 Å². The smallest absolute Gasteiger partial charge is 0.223 e. The van der Waals surface area contributed by atoms with Crippen molar-refractivity contribution in [3.8, 4) is 0 Å². The topological polar surface area (TPSA) is 68.8 Å². The molecule has 2 aromatic carbocycles. The minimum absolute atomic E-state index is 0.121. The van der Waals surface area contributed by atoms with E-state index in [1.807, 2.05) is 29.2 Å². The van der Waals surface area contributed by atoms with Crippen molar-refractivity contribution < 1.29 is 4.79 Å². The SMILES string of the molecule is CN=C(NCC1CC(=O)N(CCc2ccccc2)C1)NCC(C)(C)NC(C)c1ccccc1. The number of carbonyl (C=O) groups excluding carboxylic acids is 1. The summed E-state index contributed by atoms with van der Waals surface area (Å²) < 4.78 is 0. The van der Waals surface area contributed by atoms with Gasteiger partial charge in [0.05, 0.1) is 0 Å². The molecular formula is C27H39N5O. The number of hydrogen-bond donors (Lipinski definition) is 3. The monoisotopic (exact) mass is 449 g/mol. The van der Waals surface area contributed by atoms with Crippen LogP contribution in [-0.4, -0.2) is 55.5 Å². The molecule has 3 rings (SSSR count). The van der Waals surface area contributed by atoms with Gasteiger partial charge in [-0.05, 0) is 38.3 Å². The number of guanidine groups is 1. The van der Waals surface area contributed by atoms with Gasteiger partial charge in [-0.25, -0.2) is 0 Å². The molecule has 0 radical (unpaired) electrons. The van der Waals surface area contributed by atoms with Crippen molar-refractivity contribution in [1.29, 1.82) is 0 Å². The zero-order valence-electron chi connectivity index (χ0n) is 20.5. The van der Waals surface area contributed by atoms with Gasteiger partial charge in [-0.3, -0.25) is 9.79 Å². The second kappa shape index (κ2) is 11.8. The van der Waals surface area contributed by atoms with Gasteiger partial charge in [0.2, 0.25) is 5.91 Å². The third kappa shape index (κ3) is 7.90. The van der Waals surface area contributed by atoms with E-state index in [4.69, 9.17) is 0 Å². The van der Waals surface area contributed by atoms with Gasteiger partial charge in [0.25, 0.3) is 0 Å². The van der Waals surface area contributed by atoms with Gasteiger partial charge in [0, 0.05) is 57.1 Å². The number of likely N-dealkylation sites (tertiary alicyclic amines) is 1. The summed E-state index contributed by atoms with van der Waals surface area (Å²) in [6.07, 6.45) is 1.50. The molecular weight excluding hydrogens is 410 g/mol. The Bertz CT molecular complexity index is 897. The molecule has 6 heteroatoms. The third-order valence-corrected chi connectivity index (χ3v) is 6.19. The summed E-state index contributed by atoms with van der Waals surface area (Å²) in [7, 11) is 1.79. The third-order valence-electron chi connectivity index (χ3n) is 6.19. The zero-order chi connectivity index (χ0) is 23.7. The van der Waals surface area contributed by atoms with Crippen molar-refractivity contribution in [3.63, 3.8) is 0 Å². The number of nitrogens with one attached hydrogen (secondary N) is 3. The molecule has 178 valence electrons. The van der Waals surface area contributed by atoms with E-state index in [1.54, 1.807) is 7.05 Å². The Labute approximate surface area is 198 Å². The van der Waals surface area contributed by atoms with Crippen molar-refractivity contribution in [3.05, 3.63) is 71.8 Å². The largest absolute Gasteiger partial charge is 0.356 e. The predicted molar refractivity (Wildman–Crippen MR) is 136 cm³/mol. The summed E-state index contributed by atoms with van der Waals surface area (Å²) in [4.78, 5) is 18.8. The highest BCUT2D eigenvalue weighted by atomic mass is 16.2. The van der Waals surface area contributed by atoms with E-state index >= 15 is 0 Å². The molecule has 1 aliphatic heterocycles. The van der Waals surface area contributed by atoms with Gasteiger partial charge in [-0.1, -0.05) is 60.7 Å². The molecule has 0 spiro atoms. The highest BCUT2D eigenvalue weighted by molar-refractivity contribution is 5.81. The summed E-state index contributed by atoms with van der Waals surface area (Å²) in [6.45, 7) is 9.62. The highest BCUT2D eigenvalue weighted by Crippen LogP contribution is 2.18. The maximum atomic E-state index is 12.4. The fourth-order valence-corrected chi connectivity index (χ4v) is 4.34. The number of nitrogens with zero attached hydrogens (tertiary/aromatic N) is 2. The standard InChI is InChI=1S/C27H39N5O/c1-21(24-13-9-6-10-14-24)31-27(2,3)20-30-26(28-4)29-18-23-17-25(33)32(19-23)16-15-22-11-7-5-8-12-22/h5-14,21,23,31H,15-20H2,1-4H3,(H2,28,29,30). The molecule has 6 nitrogen and oxygen atoms in total. The van der Waals surface area contributed by atoms with Crippen molar-refractivity contribution in [2.75, 3.05) is 33.2 Å². The zero-order valence-corrected chi connectivity index (χ0v) is 20.5. The first-order valence-electron chi connectivity index (χ1n) is 11.9. The number of hydrogen-bond acceptors (Lipinski definition) is 3. The summed E-state index contributed by atoms with van der Waals surface area (Å²) in [6, 6.07) is 21.1. The van der Waals surface area contributed by atoms with E-state index in [1.165, 1.54) is 11.1 Å². The fourth-order valence-electron chi connectivity index (χ4n) is 4.34. The molecule has 2 unspecified atom stereocenters. The van der Waals surface area contributed by atoms with Crippen LogP contribution in [0.15, 0.2) is 65.7 Å². The Kier molecular flexibility index (Phi) is 8.89. The maximum absolute atomic E-state index is 12.4. The first kappa shape index (κ1) is 24.8. The minimum Gasteiger partial charge on any atom is -0.356 e. The normalized spacial score (nSPS) is 17.8. The van der Waals surface area contributed by atoms with Crippen LogP contribution in [0.25, 0.3) is 0 Å². The number of benzene rings is 2. The van der Waals surface area contributed by atoms with Crippen LogP contribution in [0.4, 0.5) is 0 Å². The van der Waals surface area contributed by atoms with E-state index in [9.17, 15) is 4.79 Å². The first-order chi connectivity index (χ1) is 15.9. The van der Waals surface area contributed by atoms with Crippen LogP contribution in [0.3, 0.4) is 0 Å². The van der Waals surface area contributed by atoms with Gasteiger partial charge in [0.1, 0.15) is 0 Å². The lowest BCUT2D eigenvalue weighted by atomic mass is 10.0. The lowest BCUT2D eigenvalue weighted by molar-refractivity contribution is -0.127. The van der Waals surface area contributed by atoms with Crippen LogP contribution in [0.1, 0.15) is 44.4 Å². The van der Waals surface area contributed by atoms with Gasteiger partial charge < -0.3 is 20.9 Å². The van der Waals surface area contributed by atoms with Crippen LogP contribution >= 0.6 is 0 Å². The van der Waals surface area contributed by atoms with E-state index in [-0.39, 0.29) is 17.5 Å². The number of aliphatic imine (C=N–C) groups is 1. The maximum Gasteiger partial charge on any atom is 0.223 e. The fraction of sp³-hybridized carbons (Fsp3) is 0.481. The number of rotatable bonds is 10. The summed E-state index contributed by atoms with van der Waals surface area (Å²) in [5, 5.41) is 10.5. The van der Waals surface area contributed by atoms with Crippen molar-refractivity contribution in [1.82, 2.24) is 20.9 Å². The van der Waals surface area contributed by atoms with E-state index in [2.05, 4.69) is 78.1 Å². The molecule has 1 amide bonds. The molecule has 0 bridgehead atoms. The van der Waals surface area contributed by atoms with Crippen LogP contribution in [0.5, 0.6) is 0 Å². The van der Waals surface area contributed by atoms with Crippen molar-refractivity contribution in [2.24, 2.45) is 10.9 Å². The quantitative estimate of drug-likeness (QED) is 0.384. The Hall–Kier alpha value is -2.86. The minimum atomic E-state index is -0.121. The molecule has 1 aliphatic rings. The first-order valence-corrected chi connectivity index (χ1v) is 11.9. The molecule has 1 fully saturated rings. The lowest BCUT2D eigenvalue weighted by Gasteiger charge is -2.31. The van der Waals surface area contributed by atoms with Crippen LogP contribution in [-0.2, 0) is 11.2 Å². The second-order valence-electron chi connectivity index (χ2n) is 9.61. The molecule has 1 heterocycles. The van der Waals surface area contributed by atoms with Gasteiger partial charge >= 0.3 is 0 Å². The average molecular weight is 450 g/mol. The summed E-state index contributed by atoms with van der Waals surface area (Å²) >= 11 is 0. The Morgan fingerprint density at radius 1 is 1.09 bits per heavy atom. The molecule has 33 heavy (non-hydrogen) atoms. The van der Waals surface area contributed by atoms with Gasteiger partial charge in [-0.15, -0.1) is 0 Å². The van der Waals surface area contributed by atoms with Crippen molar-refractivity contribution >= 4 is 11.9 Å². The van der Waals surface area contributed by atoms with Crippen LogP contribution in [0, 0.1) is 5.92 Å². The molecule has 0 aromatic heterocycles. The summed E-state index contributed by atoms with van der Waals surface area (Å²) in [5.41, 5.74) is 2.43. The molecule has 2 aromatic rings. The molecule has 1 saturated heterocycles. The summed E-state index contributed by atoms with van der Waals surface area (Å²) in [5.74, 6) is 1.32. The van der Waals surface area contributed by atoms with E-state index < -0.39 is 0 Å². The van der Waals surface area contributed by atoms with Gasteiger partial charge in [0.15, 0.2) is 5.96 Å². The predicted octanol–water partition coefficient (Wildman–Crippen LogP) is 3.37. The lowest BCUT2D eigenvalue weighted by Crippen LogP contribution is -2.52. The van der Waals surface area contributed by atoms with Gasteiger partial charge in [-0.2, -0.15) is 0 Å². The Morgan fingerprint density at radius 3 is 2.42 bits per heavy atom. The highest BCUT2D eigenvalue weighted by Gasteiger charge is 2.29. The van der Waals surface area contributed by atoms with Crippen LogP contribution in [0.2, 0.25) is 0 Å². The molecule has 3 N–H and O–H groups in total. The number of carbonyl (C=O) groups is 1. The molecule has 0 saturated carbocycles. The van der Waals surface area contributed by atoms with E-state index in [0.717, 1.165) is 38.6 Å². The second-order valence-corrected chi connectivity index (χ2v) is 9.61.